The minimum absolute atomic E-state index is 0.0182. The van der Waals surface area contributed by atoms with Crippen LogP contribution in [0.25, 0.3) is 0 Å². The second kappa shape index (κ2) is 6.40. The maximum Gasteiger partial charge on any atom is 0.250 e. The molecule has 90 valence electrons. The molecule has 0 amide bonds. The Morgan fingerprint density at radius 3 is 2.81 bits per heavy atom. The van der Waals surface area contributed by atoms with Crippen LogP contribution < -0.4 is 10.5 Å². The first-order valence-corrected chi connectivity index (χ1v) is 5.23. The molecule has 1 aromatic rings. The molecule has 1 aromatic heterocycles. The van der Waals surface area contributed by atoms with Crippen LogP contribution in [0, 0.1) is 5.82 Å². The predicted octanol–water partition coefficient (Wildman–Crippen LogP) is 1.48. The smallest absolute Gasteiger partial charge is 0.250 e. The first-order valence-electron chi connectivity index (χ1n) is 5.23. The summed E-state index contributed by atoms with van der Waals surface area (Å²) in [6.45, 7) is 4.66. The second-order valence-electron chi connectivity index (χ2n) is 3.56. The van der Waals surface area contributed by atoms with Gasteiger partial charge in [-0.1, -0.05) is 0 Å². The van der Waals surface area contributed by atoms with Crippen molar-refractivity contribution in [2.24, 2.45) is 5.73 Å². The van der Waals surface area contributed by atoms with E-state index < -0.39 is 5.82 Å². The topological polar surface area (TPSA) is 57.4 Å². The van der Waals surface area contributed by atoms with Gasteiger partial charge in [0.25, 0.3) is 5.88 Å². The Hall–Kier alpha value is -1.20. The summed E-state index contributed by atoms with van der Waals surface area (Å²) in [7, 11) is 0. The molecular formula is C11H17FN2O2. The third-order valence-corrected chi connectivity index (χ3v) is 1.93. The van der Waals surface area contributed by atoms with E-state index in [0.29, 0.717) is 12.2 Å². The number of aromatic nitrogens is 1. The summed E-state index contributed by atoms with van der Waals surface area (Å²) < 4.78 is 24.0. The van der Waals surface area contributed by atoms with E-state index in [-0.39, 0.29) is 25.1 Å². The lowest BCUT2D eigenvalue weighted by Gasteiger charge is -2.10. The second-order valence-corrected chi connectivity index (χ2v) is 3.56. The molecule has 0 aliphatic rings. The molecule has 0 aliphatic heterocycles. The number of nitrogens with two attached hydrogens (primary N) is 1. The van der Waals surface area contributed by atoms with Gasteiger partial charge in [0.1, 0.15) is 6.61 Å². The van der Waals surface area contributed by atoms with E-state index in [0.717, 1.165) is 0 Å². The van der Waals surface area contributed by atoms with Crippen LogP contribution in [0.1, 0.15) is 19.4 Å². The summed E-state index contributed by atoms with van der Waals surface area (Å²) in [5.74, 6) is -0.509. The summed E-state index contributed by atoms with van der Waals surface area (Å²) in [6.07, 6.45) is 1.61. The van der Waals surface area contributed by atoms with Crippen molar-refractivity contribution in [3.63, 3.8) is 0 Å². The molecule has 0 atom stereocenters. The van der Waals surface area contributed by atoms with Crippen molar-refractivity contribution in [3.05, 3.63) is 23.6 Å². The van der Waals surface area contributed by atoms with Crippen molar-refractivity contribution in [3.8, 4) is 5.88 Å². The number of hydrogen-bond acceptors (Lipinski definition) is 4. The van der Waals surface area contributed by atoms with Crippen molar-refractivity contribution in [1.82, 2.24) is 4.98 Å². The van der Waals surface area contributed by atoms with Gasteiger partial charge in [0.2, 0.25) is 0 Å². The Morgan fingerprint density at radius 2 is 2.19 bits per heavy atom. The SMILES string of the molecule is CC(C)OCCOc1nccc(CN)c1F. The number of nitrogens with zero attached hydrogens (tertiary/aromatic N) is 1. The van der Waals surface area contributed by atoms with Gasteiger partial charge < -0.3 is 15.2 Å². The average molecular weight is 228 g/mol. The standard InChI is InChI=1S/C11H17FN2O2/c1-8(2)15-5-6-16-11-10(12)9(7-13)3-4-14-11/h3-4,8H,5-7,13H2,1-2H3. The Morgan fingerprint density at radius 1 is 1.44 bits per heavy atom. The van der Waals surface area contributed by atoms with Crippen LogP contribution >= 0.6 is 0 Å². The Kier molecular flexibility index (Phi) is 5.14. The predicted molar refractivity (Wildman–Crippen MR) is 58.7 cm³/mol. The zero-order valence-electron chi connectivity index (χ0n) is 9.57. The summed E-state index contributed by atoms with van der Waals surface area (Å²) >= 11 is 0. The molecule has 0 unspecified atom stereocenters. The van der Waals surface area contributed by atoms with Gasteiger partial charge in [0.15, 0.2) is 5.82 Å². The maximum absolute atomic E-state index is 13.6. The van der Waals surface area contributed by atoms with Gasteiger partial charge in [0.05, 0.1) is 12.7 Å². The zero-order chi connectivity index (χ0) is 12.0. The molecule has 0 aromatic carbocycles. The first-order chi connectivity index (χ1) is 7.65. The van der Waals surface area contributed by atoms with E-state index in [2.05, 4.69) is 4.98 Å². The van der Waals surface area contributed by atoms with Gasteiger partial charge in [-0.15, -0.1) is 0 Å². The van der Waals surface area contributed by atoms with Crippen molar-refractivity contribution in [2.75, 3.05) is 13.2 Å². The first kappa shape index (κ1) is 12.9. The van der Waals surface area contributed by atoms with Gasteiger partial charge >= 0.3 is 0 Å². The number of hydrogen-bond donors (Lipinski definition) is 1. The van der Waals surface area contributed by atoms with Crippen LogP contribution in [0.3, 0.4) is 0 Å². The molecule has 0 radical (unpaired) electrons. The summed E-state index contributed by atoms with van der Waals surface area (Å²) in [4.78, 5) is 3.80. The molecule has 1 rings (SSSR count). The third kappa shape index (κ3) is 3.75. The van der Waals surface area contributed by atoms with E-state index >= 15 is 0 Å². The van der Waals surface area contributed by atoms with Gasteiger partial charge in [-0.2, -0.15) is 0 Å². The minimum atomic E-state index is -0.491. The zero-order valence-corrected chi connectivity index (χ0v) is 9.57. The lowest BCUT2D eigenvalue weighted by molar-refractivity contribution is 0.0532. The monoisotopic (exact) mass is 228 g/mol. The van der Waals surface area contributed by atoms with Crippen LogP contribution in [-0.4, -0.2) is 24.3 Å². The van der Waals surface area contributed by atoms with E-state index in [1.165, 1.54) is 12.3 Å². The maximum atomic E-state index is 13.6. The minimum Gasteiger partial charge on any atom is -0.473 e. The highest BCUT2D eigenvalue weighted by atomic mass is 19.1. The van der Waals surface area contributed by atoms with E-state index in [1.807, 2.05) is 13.8 Å². The number of ether oxygens (including phenoxy) is 2. The summed E-state index contributed by atoms with van der Waals surface area (Å²) in [5, 5.41) is 0. The molecule has 0 aliphatic carbocycles. The van der Waals surface area contributed by atoms with Crippen LogP contribution in [0.5, 0.6) is 5.88 Å². The van der Waals surface area contributed by atoms with Crippen LogP contribution in [0.15, 0.2) is 12.3 Å². The molecule has 0 saturated carbocycles. The Bertz CT molecular complexity index is 332. The van der Waals surface area contributed by atoms with Gasteiger partial charge in [0, 0.05) is 18.3 Å². The van der Waals surface area contributed by atoms with E-state index in [9.17, 15) is 4.39 Å². The quantitative estimate of drug-likeness (QED) is 0.749. The molecule has 5 heteroatoms. The average Bonchev–Trinajstić information content (AvgIpc) is 2.26. The molecule has 0 bridgehead atoms. The van der Waals surface area contributed by atoms with E-state index in [1.54, 1.807) is 0 Å². The summed E-state index contributed by atoms with van der Waals surface area (Å²) in [6, 6.07) is 1.53. The van der Waals surface area contributed by atoms with Gasteiger partial charge in [-0.25, -0.2) is 9.37 Å². The van der Waals surface area contributed by atoms with Crippen molar-refractivity contribution in [2.45, 2.75) is 26.5 Å². The van der Waals surface area contributed by atoms with Crippen LogP contribution in [-0.2, 0) is 11.3 Å². The lowest BCUT2D eigenvalue weighted by Crippen LogP contribution is -2.13. The van der Waals surface area contributed by atoms with Gasteiger partial charge in [-0.3, -0.25) is 0 Å². The van der Waals surface area contributed by atoms with Crippen LogP contribution in [0.2, 0.25) is 0 Å². The van der Waals surface area contributed by atoms with Gasteiger partial charge in [-0.05, 0) is 19.9 Å². The van der Waals surface area contributed by atoms with E-state index in [4.69, 9.17) is 15.2 Å². The van der Waals surface area contributed by atoms with Crippen molar-refractivity contribution >= 4 is 0 Å². The molecule has 0 fully saturated rings. The van der Waals surface area contributed by atoms with Crippen LogP contribution in [0.4, 0.5) is 4.39 Å². The normalized spacial score (nSPS) is 10.8. The fourth-order valence-corrected chi connectivity index (χ4v) is 1.14. The van der Waals surface area contributed by atoms with Crippen molar-refractivity contribution in [1.29, 1.82) is 0 Å². The molecule has 0 spiro atoms. The third-order valence-electron chi connectivity index (χ3n) is 1.93. The highest BCUT2D eigenvalue weighted by Gasteiger charge is 2.09. The molecule has 2 N–H and O–H groups in total. The van der Waals surface area contributed by atoms with Crippen molar-refractivity contribution < 1.29 is 13.9 Å². The Labute approximate surface area is 94.6 Å². The largest absolute Gasteiger partial charge is 0.473 e. The molecular weight excluding hydrogens is 211 g/mol. The highest BCUT2D eigenvalue weighted by Crippen LogP contribution is 2.16. The highest BCUT2D eigenvalue weighted by molar-refractivity contribution is 5.23. The molecule has 0 saturated heterocycles. The fraction of sp³-hybridized carbons (Fsp3) is 0.545. The number of halogens is 1. The molecule has 1 heterocycles. The summed E-state index contributed by atoms with van der Waals surface area (Å²) in [5.41, 5.74) is 5.76. The Balaban J connectivity index is 2.47. The number of pyridine rings is 1. The molecule has 4 nitrogen and oxygen atoms in total. The lowest BCUT2D eigenvalue weighted by atomic mass is 10.2. The number of rotatable bonds is 6. The molecule has 16 heavy (non-hydrogen) atoms. The fourth-order valence-electron chi connectivity index (χ4n) is 1.14.